The summed E-state index contributed by atoms with van der Waals surface area (Å²) in [5, 5.41) is 0. The van der Waals surface area contributed by atoms with Crippen molar-refractivity contribution in [2.75, 3.05) is 0 Å². The lowest BCUT2D eigenvalue weighted by molar-refractivity contribution is 0.593. The molecule has 0 saturated carbocycles. The summed E-state index contributed by atoms with van der Waals surface area (Å²) < 4.78 is 5.75. The van der Waals surface area contributed by atoms with Gasteiger partial charge in [0.2, 0.25) is 0 Å². The second-order valence-corrected chi connectivity index (χ2v) is 9.81. The van der Waals surface area contributed by atoms with E-state index in [4.69, 9.17) is 4.12 Å². The van der Waals surface area contributed by atoms with Gasteiger partial charge in [-0.15, -0.1) is 0 Å². The first-order valence-corrected chi connectivity index (χ1v) is 8.69. The minimum atomic E-state index is -1.13. The Morgan fingerprint density at radius 2 is 1.89 bits per heavy atom. The Morgan fingerprint density at radius 3 is 2.22 bits per heavy atom. The molecule has 0 aliphatic rings. The first-order valence-electron chi connectivity index (χ1n) is 3.70. The topological polar surface area (TPSA) is 9.23 Å². The van der Waals surface area contributed by atoms with Crippen molar-refractivity contribution in [1.29, 1.82) is 0 Å². The van der Waals surface area contributed by atoms with Gasteiger partial charge < -0.3 is 4.12 Å². The molecule has 0 atom stereocenters. The lowest BCUT2D eigenvalue weighted by Crippen LogP contribution is -2.27. The first kappa shape index (κ1) is 9.39. The van der Waals surface area contributed by atoms with Gasteiger partial charge in [0.25, 0.3) is 0 Å². The van der Waals surface area contributed by atoms with Gasteiger partial charge in [-0.05, 0) is 25.7 Å². The van der Waals surface area contributed by atoms with Gasteiger partial charge in [0.05, 0.1) is 0 Å². The molecule has 0 rings (SSSR count). The number of hydrogen-bond acceptors (Lipinski definition) is 1. The predicted molar refractivity (Wildman–Crippen MR) is 48.1 cm³/mol. The molecule has 9 heavy (non-hydrogen) atoms. The maximum atomic E-state index is 5.75. The zero-order chi connectivity index (χ0) is 7.33. The van der Waals surface area contributed by atoms with Crippen molar-refractivity contribution in [3.8, 4) is 0 Å². The van der Waals surface area contributed by atoms with Crippen molar-refractivity contribution in [2.24, 2.45) is 0 Å². The molecule has 1 nitrogen and oxygen atoms in total. The van der Waals surface area contributed by atoms with Crippen molar-refractivity contribution < 1.29 is 4.12 Å². The lowest BCUT2D eigenvalue weighted by Gasteiger charge is -2.16. The maximum Gasteiger partial charge on any atom is 0.169 e. The third kappa shape index (κ3) is 8.39. The second kappa shape index (κ2) is 4.25. The van der Waals surface area contributed by atoms with E-state index in [-0.39, 0.29) is 9.76 Å². The molecular formula is C6H18OSi2. The van der Waals surface area contributed by atoms with Crippen LogP contribution in [0.25, 0.3) is 0 Å². The largest absolute Gasteiger partial charge is 0.461 e. The van der Waals surface area contributed by atoms with Gasteiger partial charge in [0.1, 0.15) is 9.76 Å². The average molecular weight is 162 g/mol. The van der Waals surface area contributed by atoms with Gasteiger partial charge >= 0.3 is 0 Å². The fourth-order valence-corrected chi connectivity index (χ4v) is 3.84. The zero-order valence-corrected chi connectivity index (χ0v) is 9.44. The second-order valence-electron chi connectivity index (χ2n) is 3.31. The van der Waals surface area contributed by atoms with Crippen molar-refractivity contribution in [2.45, 2.75) is 39.0 Å². The third-order valence-electron chi connectivity index (χ3n) is 1.03. The summed E-state index contributed by atoms with van der Waals surface area (Å²) in [4.78, 5) is 0. The van der Waals surface area contributed by atoms with Crippen molar-refractivity contribution >= 4 is 18.1 Å². The van der Waals surface area contributed by atoms with Crippen LogP contribution in [-0.2, 0) is 4.12 Å². The molecule has 0 aromatic heterocycles. The van der Waals surface area contributed by atoms with Crippen LogP contribution in [0.2, 0.25) is 25.7 Å². The number of rotatable bonds is 4. The molecule has 0 N–H and O–H groups in total. The normalized spacial score (nSPS) is 13.3. The van der Waals surface area contributed by atoms with Gasteiger partial charge in [-0.1, -0.05) is 13.3 Å². The van der Waals surface area contributed by atoms with Crippen LogP contribution in [0.3, 0.4) is 0 Å². The van der Waals surface area contributed by atoms with Gasteiger partial charge in [-0.25, -0.2) is 0 Å². The molecule has 0 fully saturated rings. The molecule has 0 aliphatic heterocycles. The molecule has 0 heterocycles. The molecule has 3 heteroatoms. The van der Waals surface area contributed by atoms with Crippen LogP contribution in [0.4, 0.5) is 0 Å². The first-order chi connectivity index (χ1) is 4.06. The Hall–Kier alpha value is 0.394. The molecule has 0 aromatic carbocycles. The Kier molecular flexibility index (Phi) is 4.43. The lowest BCUT2D eigenvalue weighted by atomic mass is 10.6. The monoisotopic (exact) mass is 162 g/mol. The molecule has 0 bridgehead atoms. The van der Waals surface area contributed by atoms with E-state index < -0.39 is 8.32 Å². The fraction of sp³-hybridized carbons (Fsp3) is 1.00. The van der Waals surface area contributed by atoms with E-state index in [0.717, 1.165) is 0 Å². The molecular weight excluding hydrogens is 144 g/mol. The highest BCUT2D eigenvalue weighted by Gasteiger charge is 2.11. The van der Waals surface area contributed by atoms with Crippen molar-refractivity contribution in [1.82, 2.24) is 0 Å². The highest BCUT2D eigenvalue weighted by Crippen LogP contribution is 2.02. The van der Waals surface area contributed by atoms with Crippen LogP contribution in [0.5, 0.6) is 0 Å². The summed E-state index contributed by atoms with van der Waals surface area (Å²) in [6.07, 6.45) is 1.30. The maximum absolute atomic E-state index is 5.75. The van der Waals surface area contributed by atoms with Crippen LogP contribution in [-0.4, -0.2) is 18.1 Å². The van der Waals surface area contributed by atoms with E-state index in [1.807, 2.05) is 0 Å². The van der Waals surface area contributed by atoms with E-state index in [1.165, 1.54) is 12.5 Å². The van der Waals surface area contributed by atoms with Crippen LogP contribution in [0, 0.1) is 0 Å². The van der Waals surface area contributed by atoms with Crippen molar-refractivity contribution in [3.63, 3.8) is 0 Å². The highest BCUT2D eigenvalue weighted by atomic mass is 28.4. The number of hydrogen-bond donors (Lipinski definition) is 0. The summed E-state index contributed by atoms with van der Waals surface area (Å²) in [5.41, 5.74) is 0. The van der Waals surface area contributed by atoms with Crippen molar-refractivity contribution in [3.05, 3.63) is 0 Å². The minimum Gasteiger partial charge on any atom is -0.461 e. The Bertz CT molecular complexity index is 67.9. The van der Waals surface area contributed by atoms with Gasteiger partial charge in [0, 0.05) is 0 Å². The van der Waals surface area contributed by atoms with Crippen LogP contribution in [0.15, 0.2) is 0 Å². The molecule has 0 aliphatic carbocycles. The van der Waals surface area contributed by atoms with Gasteiger partial charge in [-0.2, -0.15) is 0 Å². The zero-order valence-electron chi connectivity index (χ0n) is 7.03. The van der Waals surface area contributed by atoms with E-state index in [2.05, 4.69) is 26.6 Å². The quantitative estimate of drug-likeness (QED) is 0.452. The molecule has 0 amide bonds. The Balaban J connectivity index is 3.07. The summed E-state index contributed by atoms with van der Waals surface area (Å²) in [7, 11) is -1.26. The Labute approximate surface area is 61.9 Å². The van der Waals surface area contributed by atoms with E-state index in [1.54, 1.807) is 0 Å². The Morgan fingerprint density at radius 1 is 1.33 bits per heavy atom. The molecule has 0 saturated heterocycles. The van der Waals surface area contributed by atoms with E-state index in [9.17, 15) is 0 Å². The summed E-state index contributed by atoms with van der Waals surface area (Å²) >= 11 is 0. The smallest absolute Gasteiger partial charge is 0.169 e. The molecule has 0 spiro atoms. The fourth-order valence-electron chi connectivity index (χ4n) is 0.523. The molecule has 0 radical (unpaired) electrons. The van der Waals surface area contributed by atoms with Crippen LogP contribution >= 0.6 is 0 Å². The minimum absolute atomic E-state index is 0.131. The molecule has 56 valence electrons. The van der Waals surface area contributed by atoms with E-state index >= 15 is 0 Å². The SMILES string of the molecule is CCC[SiH2]O[Si](C)(C)C. The van der Waals surface area contributed by atoms with Crippen LogP contribution < -0.4 is 0 Å². The average Bonchev–Trinajstić information content (AvgIpc) is 1.63. The molecule has 0 unspecified atom stereocenters. The predicted octanol–water partition coefficient (Wildman–Crippen LogP) is 1.75. The van der Waals surface area contributed by atoms with Gasteiger partial charge in [0.15, 0.2) is 8.32 Å². The van der Waals surface area contributed by atoms with Crippen LogP contribution in [0.1, 0.15) is 13.3 Å². The summed E-state index contributed by atoms with van der Waals surface area (Å²) in [6, 6.07) is 1.35. The third-order valence-corrected chi connectivity index (χ3v) is 6.31. The standard InChI is InChI=1S/C6H18OSi2/c1-5-6-8-7-9(2,3)4/h5-6,8H2,1-4H3. The molecule has 0 aromatic rings. The van der Waals surface area contributed by atoms with E-state index in [0.29, 0.717) is 0 Å². The van der Waals surface area contributed by atoms with Gasteiger partial charge in [-0.3, -0.25) is 0 Å². The summed E-state index contributed by atoms with van der Waals surface area (Å²) in [5.74, 6) is 0. The summed E-state index contributed by atoms with van der Waals surface area (Å²) in [6.45, 7) is 9.00. The highest BCUT2D eigenvalue weighted by molar-refractivity contribution is 6.73.